The summed E-state index contributed by atoms with van der Waals surface area (Å²) in [6, 6.07) is 12.7. The van der Waals surface area contributed by atoms with Crippen LogP contribution in [0.4, 0.5) is 5.95 Å². The summed E-state index contributed by atoms with van der Waals surface area (Å²) in [6.45, 7) is 2.33. The summed E-state index contributed by atoms with van der Waals surface area (Å²) < 4.78 is 5.34. The van der Waals surface area contributed by atoms with Gasteiger partial charge in [0.25, 0.3) is 0 Å². The molecule has 0 bridgehead atoms. The predicted octanol–water partition coefficient (Wildman–Crippen LogP) is 4.30. The lowest BCUT2D eigenvalue weighted by molar-refractivity contribution is 0.318. The topological polar surface area (TPSA) is 95.4 Å². The summed E-state index contributed by atoms with van der Waals surface area (Å²) >= 11 is 7.62. The first kappa shape index (κ1) is 19.1. The van der Waals surface area contributed by atoms with Gasteiger partial charge in [0, 0.05) is 10.8 Å². The van der Waals surface area contributed by atoms with E-state index in [0.29, 0.717) is 29.2 Å². The molecule has 9 heteroatoms. The lowest BCUT2D eigenvalue weighted by atomic mass is 10.2. The molecular weight excluding hydrogens is 386 g/mol. The Bertz CT molecular complexity index is 932. The number of nitrogens with one attached hydrogen (secondary N) is 2. The lowest BCUT2D eigenvalue weighted by Gasteiger charge is -2.05. The van der Waals surface area contributed by atoms with Crippen LogP contribution in [0.5, 0.6) is 11.5 Å². The zero-order valence-electron chi connectivity index (χ0n) is 14.5. The third-order valence-corrected chi connectivity index (χ3v) is 4.71. The Morgan fingerprint density at radius 1 is 1.33 bits per heavy atom. The number of thioether (sulfide) groups is 1. The molecule has 0 aliphatic rings. The molecule has 0 spiro atoms. The van der Waals surface area contributed by atoms with E-state index in [2.05, 4.69) is 25.7 Å². The Hall–Kier alpha value is -2.71. The standard InChI is InChI=1S/C18H18ClN5O2S/c1-2-26-16-9-12(7-8-15(16)25)10-20-22-17-21-18(24-23-17)27-11-13-5-3-4-6-14(13)19/h3-10,25H,2,11H2,1H3,(H2,21,22,23,24)/b20-10-. The number of aromatic amines is 1. The molecule has 7 nitrogen and oxygen atoms in total. The predicted molar refractivity (Wildman–Crippen MR) is 108 cm³/mol. The van der Waals surface area contributed by atoms with Gasteiger partial charge in [0.1, 0.15) is 0 Å². The zero-order chi connectivity index (χ0) is 19.1. The van der Waals surface area contributed by atoms with Gasteiger partial charge in [-0.25, -0.2) is 10.5 Å². The molecule has 0 aliphatic carbocycles. The first-order valence-corrected chi connectivity index (χ1v) is 9.55. The average Bonchev–Trinajstić information content (AvgIpc) is 3.12. The SMILES string of the molecule is CCOc1cc(/C=N\Nc2nc(SCc3ccccc3Cl)n[nH]2)ccc1O. The van der Waals surface area contributed by atoms with E-state index in [1.54, 1.807) is 24.4 Å². The summed E-state index contributed by atoms with van der Waals surface area (Å²) in [5, 5.41) is 22.0. The molecule has 0 atom stereocenters. The molecular formula is C18H18ClN5O2S. The smallest absolute Gasteiger partial charge is 0.240 e. The third kappa shape index (κ3) is 5.38. The first-order chi connectivity index (χ1) is 13.2. The second-order valence-corrected chi connectivity index (χ2v) is 6.73. The number of hydrazone groups is 1. The molecule has 0 unspecified atom stereocenters. The van der Waals surface area contributed by atoms with Crippen LogP contribution in [-0.4, -0.2) is 33.1 Å². The van der Waals surface area contributed by atoms with Gasteiger partial charge in [0.15, 0.2) is 11.5 Å². The number of aromatic nitrogens is 3. The third-order valence-electron chi connectivity index (χ3n) is 3.45. The number of halogens is 1. The van der Waals surface area contributed by atoms with Gasteiger partial charge in [0.05, 0.1) is 12.8 Å². The van der Waals surface area contributed by atoms with Crippen molar-refractivity contribution in [3.05, 3.63) is 58.6 Å². The average molecular weight is 404 g/mol. The van der Waals surface area contributed by atoms with E-state index in [0.717, 1.165) is 16.1 Å². The van der Waals surface area contributed by atoms with Crippen LogP contribution in [0.25, 0.3) is 0 Å². The van der Waals surface area contributed by atoms with Crippen LogP contribution in [0, 0.1) is 0 Å². The Morgan fingerprint density at radius 3 is 3.00 bits per heavy atom. The quantitative estimate of drug-likeness (QED) is 0.295. The van der Waals surface area contributed by atoms with Gasteiger partial charge in [-0.3, -0.25) is 0 Å². The fourth-order valence-electron chi connectivity index (χ4n) is 2.17. The number of aromatic hydroxyl groups is 1. The number of anilines is 1. The van der Waals surface area contributed by atoms with Gasteiger partial charge in [-0.1, -0.05) is 41.6 Å². The molecule has 3 rings (SSSR count). The number of rotatable bonds is 8. The first-order valence-electron chi connectivity index (χ1n) is 8.19. The minimum atomic E-state index is 0.0948. The summed E-state index contributed by atoms with van der Waals surface area (Å²) in [4.78, 5) is 4.31. The summed E-state index contributed by atoms with van der Waals surface area (Å²) in [7, 11) is 0. The zero-order valence-corrected chi connectivity index (χ0v) is 16.1. The minimum absolute atomic E-state index is 0.0948. The van der Waals surface area contributed by atoms with Crippen LogP contribution in [0.15, 0.2) is 52.7 Å². The van der Waals surface area contributed by atoms with E-state index >= 15 is 0 Å². The van der Waals surface area contributed by atoms with Crippen molar-refractivity contribution in [1.29, 1.82) is 0 Å². The van der Waals surface area contributed by atoms with Crippen molar-refractivity contribution >= 4 is 35.5 Å². The van der Waals surface area contributed by atoms with E-state index in [1.165, 1.54) is 11.8 Å². The van der Waals surface area contributed by atoms with Crippen LogP contribution >= 0.6 is 23.4 Å². The maximum absolute atomic E-state index is 9.70. The Balaban J connectivity index is 1.55. The van der Waals surface area contributed by atoms with Gasteiger partial charge in [-0.2, -0.15) is 10.1 Å². The van der Waals surface area contributed by atoms with Crippen molar-refractivity contribution < 1.29 is 9.84 Å². The molecule has 0 amide bonds. The maximum atomic E-state index is 9.70. The fraction of sp³-hybridized carbons (Fsp3) is 0.167. The molecule has 0 saturated carbocycles. The van der Waals surface area contributed by atoms with Crippen molar-refractivity contribution in [2.45, 2.75) is 17.8 Å². The molecule has 27 heavy (non-hydrogen) atoms. The molecule has 0 fully saturated rings. The van der Waals surface area contributed by atoms with Gasteiger partial charge in [-0.05, 0) is 42.3 Å². The Morgan fingerprint density at radius 2 is 2.19 bits per heavy atom. The van der Waals surface area contributed by atoms with Crippen molar-refractivity contribution in [2.24, 2.45) is 5.10 Å². The highest BCUT2D eigenvalue weighted by Crippen LogP contribution is 2.26. The lowest BCUT2D eigenvalue weighted by Crippen LogP contribution is -1.95. The van der Waals surface area contributed by atoms with Crippen LogP contribution in [-0.2, 0) is 5.75 Å². The number of H-pyrrole nitrogens is 1. The van der Waals surface area contributed by atoms with Crippen molar-refractivity contribution in [3.63, 3.8) is 0 Å². The normalized spacial score (nSPS) is 11.0. The van der Waals surface area contributed by atoms with Gasteiger partial charge < -0.3 is 9.84 Å². The summed E-state index contributed by atoms with van der Waals surface area (Å²) in [5.41, 5.74) is 4.59. The van der Waals surface area contributed by atoms with Crippen LogP contribution in [0.3, 0.4) is 0 Å². The highest BCUT2D eigenvalue weighted by atomic mass is 35.5. The van der Waals surface area contributed by atoms with Crippen molar-refractivity contribution in [1.82, 2.24) is 15.2 Å². The van der Waals surface area contributed by atoms with E-state index in [-0.39, 0.29) is 5.75 Å². The van der Waals surface area contributed by atoms with E-state index < -0.39 is 0 Å². The van der Waals surface area contributed by atoms with Crippen molar-refractivity contribution in [2.75, 3.05) is 12.0 Å². The molecule has 140 valence electrons. The molecule has 0 aliphatic heterocycles. The number of phenols is 1. The Labute approximate surface area is 165 Å². The van der Waals surface area contributed by atoms with Crippen LogP contribution in [0.2, 0.25) is 5.02 Å². The molecule has 3 aromatic rings. The van der Waals surface area contributed by atoms with Gasteiger partial charge >= 0.3 is 0 Å². The molecule has 1 aromatic heterocycles. The second kappa shape index (κ2) is 9.29. The number of ether oxygens (including phenoxy) is 1. The number of nitrogens with zero attached hydrogens (tertiary/aromatic N) is 3. The molecule has 0 saturated heterocycles. The number of hydrogen-bond acceptors (Lipinski definition) is 7. The van der Waals surface area contributed by atoms with E-state index in [1.807, 2.05) is 31.2 Å². The van der Waals surface area contributed by atoms with Gasteiger partial charge in [-0.15, -0.1) is 5.10 Å². The van der Waals surface area contributed by atoms with Crippen LogP contribution < -0.4 is 10.2 Å². The number of hydrogen-bond donors (Lipinski definition) is 3. The summed E-state index contributed by atoms with van der Waals surface area (Å²) in [6.07, 6.45) is 1.60. The Kier molecular flexibility index (Phi) is 6.56. The summed E-state index contributed by atoms with van der Waals surface area (Å²) in [5.74, 6) is 1.61. The molecule has 1 heterocycles. The molecule has 2 aromatic carbocycles. The van der Waals surface area contributed by atoms with Crippen molar-refractivity contribution in [3.8, 4) is 11.5 Å². The second-order valence-electron chi connectivity index (χ2n) is 5.38. The van der Waals surface area contributed by atoms with E-state index in [9.17, 15) is 5.11 Å². The minimum Gasteiger partial charge on any atom is -0.504 e. The molecule has 3 N–H and O–H groups in total. The highest BCUT2D eigenvalue weighted by Gasteiger charge is 2.06. The maximum Gasteiger partial charge on any atom is 0.240 e. The van der Waals surface area contributed by atoms with Gasteiger partial charge in [0.2, 0.25) is 11.1 Å². The largest absolute Gasteiger partial charge is 0.504 e. The van der Waals surface area contributed by atoms with Crippen LogP contribution in [0.1, 0.15) is 18.1 Å². The number of phenolic OH excluding ortho intramolecular Hbond substituents is 1. The highest BCUT2D eigenvalue weighted by molar-refractivity contribution is 7.98. The van der Waals surface area contributed by atoms with E-state index in [4.69, 9.17) is 16.3 Å². The molecule has 0 radical (unpaired) electrons. The monoisotopic (exact) mass is 403 g/mol. The number of benzene rings is 2. The fourth-order valence-corrected chi connectivity index (χ4v) is 3.25.